The molecular formula is C23H20N4O4S2. The van der Waals surface area contributed by atoms with Gasteiger partial charge in [0.1, 0.15) is 5.00 Å². The van der Waals surface area contributed by atoms with Gasteiger partial charge in [-0.15, -0.1) is 22.7 Å². The third kappa shape index (κ3) is 6.09. The normalized spacial score (nSPS) is 9.88. The van der Waals surface area contributed by atoms with Crippen LogP contribution < -0.4 is 5.73 Å². The molecule has 4 rings (SSSR count). The molecule has 0 spiro atoms. The van der Waals surface area contributed by atoms with Crippen LogP contribution in [0, 0.1) is 0 Å². The fraction of sp³-hybridized carbons (Fsp3) is 0.0870. The van der Waals surface area contributed by atoms with Gasteiger partial charge in [0.05, 0.1) is 31.0 Å². The van der Waals surface area contributed by atoms with Gasteiger partial charge in [-0.3, -0.25) is 0 Å². The number of anilines is 1. The summed E-state index contributed by atoms with van der Waals surface area (Å²) in [5.41, 5.74) is 11.7. The molecule has 0 aliphatic heterocycles. The second kappa shape index (κ2) is 11.7. The molecule has 0 aliphatic rings. The van der Waals surface area contributed by atoms with Crippen molar-refractivity contribution < 1.29 is 19.1 Å². The number of carbonyl (C=O) groups is 2. The van der Waals surface area contributed by atoms with E-state index in [-0.39, 0.29) is 11.4 Å². The average Bonchev–Trinajstić information content (AvgIpc) is 3.52. The van der Waals surface area contributed by atoms with E-state index in [4.69, 9.17) is 15.5 Å². The summed E-state index contributed by atoms with van der Waals surface area (Å²) in [7, 11) is 2.63. The smallest absolute Gasteiger partial charge is 0.359 e. The summed E-state index contributed by atoms with van der Waals surface area (Å²) in [6.07, 6.45) is 0. The standard InChI is InChI=1S/C18H14N2O2S.C5H6N2O2S/c1-22-18(21)16-17(23-12-19-16)20-15(13-8-4-2-5-9-13)14-10-6-3-7-11-14;1-9-5(8)3-4(6)10-2-7-3/h2-12H,1H3;2H,6H2,1H3. The minimum Gasteiger partial charge on any atom is -0.464 e. The number of nitrogens with zero attached hydrogens (tertiary/aromatic N) is 3. The summed E-state index contributed by atoms with van der Waals surface area (Å²) in [5.74, 6) is -0.968. The lowest BCUT2D eigenvalue weighted by atomic mass is 10.0. The zero-order valence-corrected chi connectivity index (χ0v) is 19.4. The van der Waals surface area contributed by atoms with Crippen molar-refractivity contribution in [3.8, 4) is 0 Å². The first kappa shape index (κ1) is 23.8. The number of nitrogen functional groups attached to an aromatic ring is 1. The Morgan fingerprint density at radius 1 is 0.788 bits per heavy atom. The molecule has 0 unspecified atom stereocenters. The minimum atomic E-state index is -0.487. The van der Waals surface area contributed by atoms with E-state index in [1.165, 1.54) is 42.4 Å². The number of aliphatic imine (C=N–C) groups is 1. The molecule has 0 radical (unpaired) electrons. The van der Waals surface area contributed by atoms with Crippen molar-refractivity contribution in [3.63, 3.8) is 0 Å². The van der Waals surface area contributed by atoms with E-state index in [0.29, 0.717) is 10.0 Å². The van der Waals surface area contributed by atoms with Crippen LogP contribution in [0.25, 0.3) is 0 Å². The Kier molecular flexibility index (Phi) is 8.39. The number of hydrogen-bond acceptors (Lipinski definition) is 10. The van der Waals surface area contributed by atoms with Crippen LogP contribution in [0.5, 0.6) is 0 Å². The molecule has 0 saturated heterocycles. The van der Waals surface area contributed by atoms with E-state index in [1.807, 2.05) is 60.7 Å². The highest BCUT2D eigenvalue weighted by Crippen LogP contribution is 2.27. The molecule has 10 heteroatoms. The van der Waals surface area contributed by atoms with Crippen LogP contribution in [-0.2, 0) is 9.47 Å². The van der Waals surface area contributed by atoms with Crippen LogP contribution in [0.15, 0.2) is 76.7 Å². The number of nitrogens with two attached hydrogens (primary N) is 1. The molecule has 0 amide bonds. The number of aromatic nitrogens is 2. The first-order valence-electron chi connectivity index (χ1n) is 9.53. The molecule has 2 aromatic carbocycles. The second-order valence-corrected chi connectivity index (χ2v) is 7.97. The Balaban J connectivity index is 0.000000257. The molecular weight excluding hydrogens is 460 g/mol. The molecule has 168 valence electrons. The molecule has 4 aromatic rings. The van der Waals surface area contributed by atoms with E-state index < -0.39 is 11.9 Å². The van der Waals surface area contributed by atoms with E-state index in [9.17, 15) is 9.59 Å². The van der Waals surface area contributed by atoms with Gasteiger partial charge in [-0.25, -0.2) is 24.5 Å². The van der Waals surface area contributed by atoms with Gasteiger partial charge in [-0.2, -0.15) is 0 Å². The number of methoxy groups -OCH3 is 2. The van der Waals surface area contributed by atoms with E-state index >= 15 is 0 Å². The monoisotopic (exact) mass is 480 g/mol. The highest BCUT2D eigenvalue weighted by molar-refractivity contribution is 7.14. The highest BCUT2D eigenvalue weighted by Gasteiger charge is 2.17. The Bertz CT molecular complexity index is 1200. The lowest BCUT2D eigenvalue weighted by Crippen LogP contribution is -2.05. The van der Waals surface area contributed by atoms with Gasteiger partial charge >= 0.3 is 11.9 Å². The Morgan fingerprint density at radius 3 is 1.76 bits per heavy atom. The van der Waals surface area contributed by atoms with Crippen LogP contribution in [0.1, 0.15) is 32.1 Å². The van der Waals surface area contributed by atoms with Crippen LogP contribution in [0.3, 0.4) is 0 Å². The quantitative estimate of drug-likeness (QED) is 0.327. The number of ether oxygens (including phenoxy) is 2. The van der Waals surface area contributed by atoms with Crippen LogP contribution in [0.4, 0.5) is 10.0 Å². The Morgan fingerprint density at radius 2 is 1.27 bits per heavy atom. The number of rotatable bonds is 5. The molecule has 2 aromatic heterocycles. The van der Waals surface area contributed by atoms with Gasteiger partial charge in [0, 0.05) is 11.1 Å². The predicted octanol–water partition coefficient (Wildman–Crippen LogP) is 4.61. The van der Waals surface area contributed by atoms with Gasteiger partial charge in [-0.05, 0) is 0 Å². The zero-order valence-electron chi connectivity index (χ0n) is 17.8. The van der Waals surface area contributed by atoms with Crippen LogP contribution in [-0.4, -0.2) is 41.8 Å². The summed E-state index contributed by atoms with van der Waals surface area (Å²) in [6.45, 7) is 0. The topological polar surface area (TPSA) is 117 Å². The van der Waals surface area contributed by atoms with Crippen molar-refractivity contribution in [1.82, 2.24) is 9.97 Å². The lowest BCUT2D eigenvalue weighted by molar-refractivity contribution is 0.0587. The fourth-order valence-corrected chi connectivity index (χ4v) is 3.82. The third-order valence-corrected chi connectivity index (χ3v) is 5.59. The van der Waals surface area contributed by atoms with Gasteiger partial charge in [0.15, 0.2) is 16.4 Å². The number of hydrogen-bond donors (Lipinski definition) is 1. The van der Waals surface area contributed by atoms with Crippen molar-refractivity contribution in [2.75, 3.05) is 20.0 Å². The van der Waals surface area contributed by atoms with Crippen molar-refractivity contribution in [1.29, 1.82) is 0 Å². The third-order valence-electron chi connectivity index (χ3n) is 4.21. The van der Waals surface area contributed by atoms with E-state index in [2.05, 4.69) is 14.7 Å². The highest BCUT2D eigenvalue weighted by atomic mass is 32.1. The summed E-state index contributed by atoms with van der Waals surface area (Å²) >= 11 is 2.53. The number of thiazole rings is 2. The van der Waals surface area contributed by atoms with Gasteiger partial charge in [-0.1, -0.05) is 60.7 Å². The van der Waals surface area contributed by atoms with Crippen LogP contribution in [0.2, 0.25) is 0 Å². The van der Waals surface area contributed by atoms with Crippen molar-refractivity contribution >= 4 is 50.3 Å². The first-order valence-corrected chi connectivity index (χ1v) is 11.3. The van der Waals surface area contributed by atoms with Gasteiger partial charge in [0.25, 0.3) is 0 Å². The summed E-state index contributed by atoms with van der Waals surface area (Å²) in [6, 6.07) is 19.7. The number of benzene rings is 2. The maximum Gasteiger partial charge on any atom is 0.359 e. The molecule has 0 fully saturated rings. The van der Waals surface area contributed by atoms with E-state index in [0.717, 1.165) is 16.8 Å². The van der Waals surface area contributed by atoms with E-state index in [1.54, 1.807) is 5.51 Å². The minimum absolute atomic E-state index is 0.201. The SMILES string of the molecule is COC(=O)c1ncsc1N.COC(=O)c1ncsc1N=C(c1ccccc1)c1ccccc1. The van der Waals surface area contributed by atoms with Crippen molar-refractivity contribution in [2.24, 2.45) is 4.99 Å². The first-order chi connectivity index (χ1) is 16.0. The summed E-state index contributed by atoms with van der Waals surface area (Å²) in [5, 5.41) is 0.936. The molecule has 0 atom stereocenters. The fourth-order valence-electron chi connectivity index (χ4n) is 2.65. The molecule has 0 saturated carbocycles. The van der Waals surface area contributed by atoms with Gasteiger partial charge in [0.2, 0.25) is 0 Å². The predicted molar refractivity (Wildman–Crippen MR) is 130 cm³/mol. The molecule has 2 heterocycles. The van der Waals surface area contributed by atoms with Crippen molar-refractivity contribution in [3.05, 3.63) is 94.2 Å². The molecule has 0 aliphatic carbocycles. The average molecular weight is 481 g/mol. The Labute approximate surface area is 198 Å². The molecule has 33 heavy (non-hydrogen) atoms. The zero-order chi connectivity index (χ0) is 23.6. The maximum atomic E-state index is 11.8. The van der Waals surface area contributed by atoms with Gasteiger partial charge < -0.3 is 15.2 Å². The van der Waals surface area contributed by atoms with Crippen LogP contribution >= 0.6 is 22.7 Å². The second-order valence-electron chi connectivity index (χ2n) is 6.25. The number of esters is 2. The summed E-state index contributed by atoms with van der Waals surface area (Å²) in [4.78, 5) is 35.0. The molecule has 2 N–H and O–H groups in total. The molecule has 8 nitrogen and oxygen atoms in total. The lowest BCUT2D eigenvalue weighted by Gasteiger charge is -2.07. The van der Waals surface area contributed by atoms with Crippen molar-refractivity contribution in [2.45, 2.75) is 0 Å². The summed E-state index contributed by atoms with van der Waals surface area (Å²) < 4.78 is 9.16. The molecule has 0 bridgehead atoms. The number of carbonyl (C=O) groups excluding carboxylic acids is 2. The Hall–Kier alpha value is -3.89. The maximum absolute atomic E-state index is 11.8. The largest absolute Gasteiger partial charge is 0.464 e.